The summed E-state index contributed by atoms with van der Waals surface area (Å²) < 4.78 is 0. The van der Waals surface area contributed by atoms with Crippen molar-refractivity contribution in [3.8, 4) is 11.5 Å². The molecular weight excluding hydrogens is 328 g/mol. The van der Waals surface area contributed by atoms with Gasteiger partial charge in [0.05, 0.1) is 6.04 Å². The Labute approximate surface area is 151 Å². The standard InChI is InChI=1S/C19H20N6O/c1-13-12-15(17-21-9-10-22-17)24-18(23-13)16-7-3-5-11-25(16)19(26)14-6-2-4-8-20-14/h2,4,6,8-10,12,16H,3,5,7,11H2,1H3,(H,21,22). The third-order valence-electron chi connectivity index (χ3n) is 4.56. The zero-order valence-corrected chi connectivity index (χ0v) is 14.6. The van der Waals surface area contributed by atoms with Gasteiger partial charge in [-0.2, -0.15) is 0 Å². The molecule has 0 spiro atoms. The molecule has 1 fully saturated rings. The van der Waals surface area contributed by atoms with E-state index >= 15 is 0 Å². The summed E-state index contributed by atoms with van der Waals surface area (Å²) in [5, 5.41) is 0. The van der Waals surface area contributed by atoms with Crippen molar-refractivity contribution < 1.29 is 4.79 Å². The van der Waals surface area contributed by atoms with Crippen LogP contribution in [0.15, 0.2) is 42.9 Å². The average Bonchev–Trinajstić information content (AvgIpc) is 3.22. The number of amides is 1. The molecule has 1 aliphatic rings. The Kier molecular flexibility index (Phi) is 4.43. The van der Waals surface area contributed by atoms with Gasteiger partial charge in [-0.25, -0.2) is 15.0 Å². The molecule has 1 aliphatic heterocycles. The number of likely N-dealkylation sites (tertiary alicyclic amines) is 1. The van der Waals surface area contributed by atoms with Crippen LogP contribution in [0.3, 0.4) is 0 Å². The molecule has 0 bridgehead atoms. The number of aromatic nitrogens is 5. The molecule has 3 aromatic rings. The van der Waals surface area contributed by atoms with Crippen molar-refractivity contribution in [3.05, 3.63) is 60.1 Å². The number of aryl methyl sites for hydroxylation is 1. The third-order valence-corrected chi connectivity index (χ3v) is 4.56. The molecule has 7 nitrogen and oxygen atoms in total. The van der Waals surface area contributed by atoms with E-state index in [9.17, 15) is 4.79 Å². The SMILES string of the molecule is Cc1cc(-c2ncc[nH]2)nc(C2CCCCN2C(=O)c2ccccn2)n1. The number of carbonyl (C=O) groups is 1. The molecule has 132 valence electrons. The van der Waals surface area contributed by atoms with Crippen LogP contribution in [-0.2, 0) is 0 Å². The number of nitrogens with zero attached hydrogens (tertiary/aromatic N) is 5. The monoisotopic (exact) mass is 348 g/mol. The van der Waals surface area contributed by atoms with Crippen LogP contribution in [0.1, 0.15) is 47.3 Å². The van der Waals surface area contributed by atoms with E-state index in [2.05, 4.69) is 19.9 Å². The van der Waals surface area contributed by atoms with Gasteiger partial charge in [-0.3, -0.25) is 9.78 Å². The largest absolute Gasteiger partial charge is 0.343 e. The van der Waals surface area contributed by atoms with Crippen LogP contribution in [-0.4, -0.2) is 42.3 Å². The Morgan fingerprint density at radius 3 is 2.88 bits per heavy atom. The van der Waals surface area contributed by atoms with Crippen LogP contribution in [0.25, 0.3) is 11.5 Å². The highest BCUT2D eigenvalue weighted by atomic mass is 16.2. The zero-order valence-electron chi connectivity index (χ0n) is 14.6. The van der Waals surface area contributed by atoms with Gasteiger partial charge in [0.25, 0.3) is 5.91 Å². The first kappa shape index (κ1) is 16.4. The quantitative estimate of drug-likeness (QED) is 0.786. The second-order valence-electron chi connectivity index (χ2n) is 6.42. The maximum absolute atomic E-state index is 13.0. The molecular formula is C19H20N6O. The van der Waals surface area contributed by atoms with Crippen LogP contribution < -0.4 is 0 Å². The minimum Gasteiger partial charge on any atom is -0.343 e. The van der Waals surface area contributed by atoms with Gasteiger partial charge in [-0.15, -0.1) is 0 Å². The number of hydrogen-bond acceptors (Lipinski definition) is 5. The maximum Gasteiger partial charge on any atom is 0.273 e. The molecule has 0 saturated carbocycles. The van der Waals surface area contributed by atoms with Crippen molar-refractivity contribution in [1.29, 1.82) is 0 Å². The lowest BCUT2D eigenvalue weighted by atomic mass is 10.0. The van der Waals surface area contributed by atoms with Gasteiger partial charge >= 0.3 is 0 Å². The highest BCUT2D eigenvalue weighted by molar-refractivity contribution is 5.92. The third kappa shape index (κ3) is 3.20. The van der Waals surface area contributed by atoms with Crippen molar-refractivity contribution in [2.24, 2.45) is 0 Å². The van der Waals surface area contributed by atoms with E-state index in [0.717, 1.165) is 30.7 Å². The predicted octanol–water partition coefficient (Wildman–Crippen LogP) is 2.94. The topological polar surface area (TPSA) is 87.7 Å². The molecule has 3 aromatic heterocycles. The molecule has 26 heavy (non-hydrogen) atoms. The summed E-state index contributed by atoms with van der Waals surface area (Å²) in [4.78, 5) is 35.7. The summed E-state index contributed by atoms with van der Waals surface area (Å²) in [5.41, 5.74) is 2.06. The number of pyridine rings is 1. The van der Waals surface area contributed by atoms with Crippen molar-refractivity contribution in [3.63, 3.8) is 0 Å². The summed E-state index contributed by atoms with van der Waals surface area (Å²) in [6, 6.07) is 7.14. The highest BCUT2D eigenvalue weighted by Gasteiger charge is 2.31. The Balaban J connectivity index is 1.69. The molecule has 1 unspecified atom stereocenters. The van der Waals surface area contributed by atoms with E-state index in [4.69, 9.17) is 4.98 Å². The van der Waals surface area contributed by atoms with E-state index in [0.29, 0.717) is 23.9 Å². The van der Waals surface area contributed by atoms with Crippen molar-refractivity contribution in [1.82, 2.24) is 29.8 Å². The molecule has 1 N–H and O–H groups in total. The lowest BCUT2D eigenvalue weighted by molar-refractivity contribution is 0.0593. The number of hydrogen-bond donors (Lipinski definition) is 1. The average molecular weight is 348 g/mol. The Morgan fingerprint density at radius 2 is 2.12 bits per heavy atom. The molecule has 0 radical (unpaired) electrons. The van der Waals surface area contributed by atoms with Gasteiger partial charge in [0.2, 0.25) is 0 Å². The number of H-pyrrole nitrogens is 1. The Morgan fingerprint density at radius 1 is 1.19 bits per heavy atom. The lowest BCUT2D eigenvalue weighted by Gasteiger charge is -2.34. The summed E-state index contributed by atoms with van der Waals surface area (Å²) in [6.45, 7) is 2.62. The van der Waals surface area contributed by atoms with Crippen LogP contribution in [0.4, 0.5) is 0 Å². The van der Waals surface area contributed by atoms with Crippen LogP contribution in [0.2, 0.25) is 0 Å². The zero-order chi connectivity index (χ0) is 17.9. The van der Waals surface area contributed by atoms with E-state index in [1.54, 1.807) is 24.7 Å². The molecule has 4 heterocycles. The summed E-state index contributed by atoms with van der Waals surface area (Å²) in [6.07, 6.45) is 7.98. The Bertz CT molecular complexity index is 894. The minimum atomic E-state index is -0.146. The molecule has 1 saturated heterocycles. The number of aromatic amines is 1. The highest BCUT2D eigenvalue weighted by Crippen LogP contribution is 2.31. The van der Waals surface area contributed by atoms with Gasteiger partial charge in [-0.1, -0.05) is 6.07 Å². The van der Waals surface area contributed by atoms with Gasteiger partial charge in [-0.05, 0) is 44.4 Å². The van der Waals surface area contributed by atoms with Gasteiger partial charge in [0.1, 0.15) is 11.4 Å². The summed E-state index contributed by atoms with van der Waals surface area (Å²) in [5.74, 6) is 1.30. The van der Waals surface area contributed by atoms with E-state index in [-0.39, 0.29) is 11.9 Å². The first-order chi connectivity index (χ1) is 12.7. The number of rotatable bonds is 3. The van der Waals surface area contributed by atoms with Crippen molar-refractivity contribution in [2.45, 2.75) is 32.2 Å². The number of carbonyl (C=O) groups excluding carboxylic acids is 1. The summed E-state index contributed by atoms with van der Waals surface area (Å²) >= 11 is 0. The second-order valence-corrected chi connectivity index (χ2v) is 6.42. The lowest BCUT2D eigenvalue weighted by Crippen LogP contribution is -2.39. The van der Waals surface area contributed by atoms with Crippen LogP contribution >= 0.6 is 0 Å². The van der Waals surface area contributed by atoms with E-state index in [1.807, 2.05) is 30.0 Å². The number of imidazole rings is 1. The molecule has 4 rings (SSSR count). The van der Waals surface area contributed by atoms with Gasteiger partial charge in [0, 0.05) is 30.8 Å². The van der Waals surface area contributed by atoms with Crippen molar-refractivity contribution in [2.75, 3.05) is 6.54 Å². The molecule has 0 aliphatic carbocycles. The van der Waals surface area contributed by atoms with Gasteiger partial charge < -0.3 is 9.88 Å². The fraction of sp³-hybridized carbons (Fsp3) is 0.316. The van der Waals surface area contributed by atoms with Crippen LogP contribution in [0.5, 0.6) is 0 Å². The molecule has 7 heteroatoms. The molecule has 1 amide bonds. The Hall–Kier alpha value is -3.09. The molecule has 1 atom stereocenters. The smallest absolute Gasteiger partial charge is 0.273 e. The second kappa shape index (κ2) is 7.03. The fourth-order valence-corrected chi connectivity index (χ4v) is 3.35. The molecule has 0 aromatic carbocycles. The van der Waals surface area contributed by atoms with Crippen molar-refractivity contribution >= 4 is 5.91 Å². The van der Waals surface area contributed by atoms with Gasteiger partial charge in [0.15, 0.2) is 11.6 Å². The number of piperidine rings is 1. The predicted molar refractivity (Wildman–Crippen MR) is 96.2 cm³/mol. The van der Waals surface area contributed by atoms with E-state index in [1.165, 1.54) is 0 Å². The minimum absolute atomic E-state index is 0.0695. The number of nitrogens with one attached hydrogen (secondary N) is 1. The van der Waals surface area contributed by atoms with E-state index < -0.39 is 0 Å². The van der Waals surface area contributed by atoms with Crippen LogP contribution in [0, 0.1) is 6.92 Å². The summed E-state index contributed by atoms with van der Waals surface area (Å²) in [7, 11) is 0. The normalized spacial score (nSPS) is 17.3. The first-order valence-corrected chi connectivity index (χ1v) is 8.80. The maximum atomic E-state index is 13.0. The fourth-order valence-electron chi connectivity index (χ4n) is 3.35. The first-order valence-electron chi connectivity index (χ1n) is 8.80.